The molecule has 4 nitrogen and oxygen atoms in total. The Kier molecular flexibility index (Phi) is 3.77. The quantitative estimate of drug-likeness (QED) is 0.476. The summed E-state index contributed by atoms with van der Waals surface area (Å²) >= 11 is 5.90. The number of rotatable bonds is 4. The molecule has 5 heteroatoms. The van der Waals surface area contributed by atoms with Crippen molar-refractivity contribution < 1.29 is 9.36 Å². The van der Waals surface area contributed by atoms with Crippen molar-refractivity contribution in [3.63, 3.8) is 0 Å². The molecule has 0 aliphatic heterocycles. The molecule has 2 aromatic rings. The summed E-state index contributed by atoms with van der Waals surface area (Å²) in [5.41, 5.74) is 3.08. The summed E-state index contributed by atoms with van der Waals surface area (Å²) in [4.78, 5) is 4.84. The Hall–Kier alpha value is -1.81. The molecule has 0 amide bonds. The SMILES string of the molecule is CO/N=C(/c1ccon1)c1ccccc1CCl. The molecule has 0 saturated carbocycles. The number of alkyl halides is 1. The van der Waals surface area contributed by atoms with E-state index in [4.69, 9.17) is 21.0 Å². The Labute approximate surface area is 104 Å². The molecule has 0 aliphatic rings. The van der Waals surface area contributed by atoms with Gasteiger partial charge in [0.1, 0.15) is 24.8 Å². The summed E-state index contributed by atoms with van der Waals surface area (Å²) in [6.45, 7) is 0. The van der Waals surface area contributed by atoms with Gasteiger partial charge >= 0.3 is 0 Å². The lowest BCUT2D eigenvalue weighted by molar-refractivity contribution is 0.213. The third-order valence-electron chi connectivity index (χ3n) is 2.28. The standard InChI is InChI=1S/C12H11ClN2O2/c1-16-15-12(11-6-7-17-14-11)10-5-3-2-4-9(10)8-13/h2-7H,8H2,1H3/b15-12+. The largest absolute Gasteiger partial charge is 0.399 e. The average molecular weight is 251 g/mol. The summed E-state index contributed by atoms with van der Waals surface area (Å²) in [6.07, 6.45) is 1.49. The van der Waals surface area contributed by atoms with Crippen LogP contribution in [-0.2, 0) is 10.7 Å². The van der Waals surface area contributed by atoms with Gasteiger partial charge in [0.05, 0.1) is 0 Å². The molecule has 0 unspecified atom stereocenters. The first-order valence-electron chi connectivity index (χ1n) is 5.03. The Morgan fingerprint density at radius 2 is 2.24 bits per heavy atom. The predicted octanol–water partition coefficient (Wildman–Crippen LogP) is 2.81. The number of oxime groups is 1. The second-order valence-corrected chi connectivity index (χ2v) is 3.57. The van der Waals surface area contributed by atoms with E-state index in [1.54, 1.807) is 6.07 Å². The molecule has 88 valence electrons. The van der Waals surface area contributed by atoms with Gasteiger partial charge in [0.25, 0.3) is 0 Å². The van der Waals surface area contributed by atoms with E-state index in [-0.39, 0.29) is 0 Å². The fourth-order valence-corrected chi connectivity index (χ4v) is 1.76. The van der Waals surface area contributed by atoms with Gasteiger partial charge in [0.15, 0.2) is 0 Å². The topological polar surface area (TPSA) is 47.6 Å². The molecule has 0 spiro atoms. The van der Waals surface area contributed by atoms with Gasteiger partial charge in [0, 0.05) is 17.5 Å². The van der Waals surface area contributed by atoms with Crippen LogP contribution in [-0.4, -0.2) is 18.0 Å². The normalized spacial score (nSPS) is 11.5. The highest BCUT2D eigenvalue weighted by atomic mass is 35.5. The summed E-state index contributed by atoms with van der Waals surface area (Å²) in [6, 6.07) is 9.42. The molecule has 0 radical (unpaired) electrons. The van der Waals surface area contributed by atoms with Gasteiger partial charge in [-0.25, -0.2) is 0 Å². The van der Waals surface area contributed by atoms with Crippen LogP contribution >= 0.6 is 11.6 Å². The zero-order chi connectivity index (χ0) is 12.1. The molecule has 0 fully saturated rings. The first-order valence-corrected chi connectivity index (χ1v) is 5.56. The molecule has 17 heavy (non-hydrogen) atoms. The Morgan fingerprint density at radius 1 is 1.41 bits per heavy atom. The fourth-order valence-electron chi connectivity index (χ4n) is 1.53. The molecular formula is C12H11ClN2O2. The molecular weight excluding hydrogens is 240 g/mol. The van der Waals surface area contributed by atoms with Crippen LogP contribution in [0, 0.1) is 0 Å². The molecule has 2 rings (SSSR count). The van der Waals surface area contributed by atoms with Crippen LogP contribution in [0.15, 0.2) is 46.3 Å². The van der Waals surface area contributed by atoms with Gasteiger partial charge in [-0.1, -0.05) is 34.6 Å². The monoisotopic (exact) mass is 250 g/mol. The third kappa shape index (κ3) is 2.47. The lowest BCUT2D eigenvalue weighted by Gasteiger charge is -2.07. The van der Waals surface area contributed by atoms with E-state index in [1.165, 1.54) is 13.4 Å². The smallest absolute Gasteiger partial charge is 0.139 e. The maximum absolute atomic E-state index is 5.90. The van der Waals surface area contributed by atoms with E-state index in [0.29, 0.717) is 17.3 Å². The molecule has 1 heterocycles. The fraction of sp³-hybridized carbons (Fsp3) is 0.167. The van der Waals surface area contributed by atoms with Gasteiger partial charge in [-0.15, -0.1) is 11.6 Å². The van der Waals surface area contributed by atoms with Crippen molar-refractivity contribution in [2.75, 3.05) is 7.11 Å². The van der Waals surface area contributed by atoms with Crippen LogP contribution in [0.4, 0.5) is 0 Å². The highest BCUT2D eigenvalue weighted by Gasteiger charge is 2.14. The van der Waals surface area contributed by atoms with E-state index in [2.05, 4.69) is 10.3 Å². The van der Waals surface area contributed by atoms with E-state index >= 15 is 0 Å². The number of hydrogen-bond acceptors (Lipinski definition) is 4. The lowest BCUT2D eigenvalue weighted by atomic mass is 10.0. The van der Waals surface area contributed by atoms with E-state index < -0.39 is 0 Å². The zero-order valence-electron chi connectivity index (χ0n) is 9.26. The van der Waals surface area contributed by atoms with Crippen LogP contribution in [0.2, 0.25) is 0 Å². The number of nitrogens with zero attached hydrogens (tertiary/aromatic N) is 2. The minimum Gasteiger partial charge on any atom is -0.399 e. The number of benzene rings is 1. The Balaban J connectivity index is 2.51. The molecule has 0 atom stereocenters. The minimum absolute atomic E-state index is 0.400. The minimum atomic E-state index is 0.400. The molecule has 0 aliphatic carbocycles. The number of halogens is 1. The molecule has 1 aromatic carbocycles. The van der Waals surface area contributed by atoms with Crippen molar-refractivity contribution in [3.8, 4) is 0 Å². The van der Waals surface area contributed by atoms with Crippen LogP contribution in [0.3, 0.4) is 0 Å². The number of hydrogen-bond donors (Lipinski definition) is 0. The van der Waals surface area contributed by atoms with E-state index in [9.17, 15) is 0 Å². The molecule has 1 aromatic heterocycles. The van der Waals surface area contributed by atoms with Gasteiger partial charge in [-0.05, 0) is 5.56 Å². The maximum Gasteiger partial charge on any atom is 0.139 e. The van der Waals surface area contributed by atoms with Crippen molar-refractivity contribution in [2.24, 2.45) is 5.16 Å². The number of aromatic nitrogens is 1. The Morgan fingerprint density at radius 3 is 2.88 bits per heavy atom. The van der Waals surface area contributed by atoms with Gasteiger partial charge < -0.3 is 9.36 Å². The summed E-state index contributed by atoms with van der Waals surface area (Å²) in [5, 5.41) is 7.84. The second-order valence-electron chi connectivity index (χ2n) is 3.30. The van der Waals surface area contributed by atoms with Gasteiger partial charge in [-0.3, -0.25) is 0 Å². The summed E-state index contributed by atoms with van der Waals surface area (Å²) in [7, 11) is 1.49. The van der Waals surface area contributed by atoms with E-state index in [0.717, 1.165) is 11.1 Å². The summed E-state index contributed by atoms with van der Waals surface area (Å²) in [5.74, 6) is 0.400. The zero-order valence-corrected chi connectivity index (χ0v) is 10.0. The summed E-state index contributed by atoms with van der Waals surface area (Å²) < 4.78 is 4.82. The molecule has 0 saturated heterocycles. The third-order valence-corrected chi connectivity index (χ3v) is 2.57. The van der Waals surface area contributed by atoms with Crippen LogP contribution in [0.25, 0.3) is 0 Å². The molecule has 0 bridgehead atoms. The van der Waals surface area contributed by atoms with E-state index in [1.807, 2.05) is 24.3 Å². The second kappa shape index (κ2) is 5.50. The highest BCUT2D eigenvalue weighted by molar-refractivity contribution is 6.19. The van der Waals surface area contributed by atoms with Gasteiger partial charge in [0.2, 0.25) is 0 Å². The van der Waals surface area contributed by atoms with Crippen molar-refractivity contribution in [1.29, 1.82) is 0 Å². The molecule has 0 N–H and O–H groups in total. The predicted molar refractivity (Wildman–Crippen MR) is 65.2 cm³/mol. The highest BCUT2D eigenvalue weighted by Crippen LogP contribution is 2.16. The maximum atomic E-state index is 5.90. The van der Waals surface area contributed by atoms with Crippen LogP contribution in [0.5, 0.6) is 0 Å². The van der Waals surface area contributed by atoms with Crippen molar-refractivity contribution in [1.82, 2.24) is 5.16 Å². The first-order chi connectivity index (χ1) is 8.36. The van der Waals surface area contributed by atoms with Gasteiger partial charge in [-0.2, -0.15) is 0 Å². The first kappa shape index (κ1) is 11.7. The Bertz CT molecular complexity index is 509. The van der Waals surface area contributed by atoms with Crippen LogP contribution < -0.4 is 0 Å². The van der Waals surface area contributed by atoms with Crippen LogP contribution in [0.1, 0.15) is 16.8 Å². The average Bonchev–Trinajstić information content (AvgIpc) is 2.89. The van der Waals surface area contributed by atoms with Crippen molar-refractivity contribution in [3.05, 3.63) is 53.4 Å². The van der Waals surface area contributed by atoms with Crippen molar-refractivity contribution in [2.45, 2.75) is 5.88 Å². The van der Waals surface area contributed by atoms with Crippen molar-refractivity contribution >= 4 is 17.3 Å². The lowest BCUT2D eigenvalue weighted by Crippen LogP contribution is -2.07.